The molecule has 0 saturated heterocycles. The van der Waals surface area contributed by atoms with Crippen LogP contribution in [0.5, 0.6) is 5.75 Å². The second-order valence-electron chi connectivity index (χ2n) is 4.98. The number of ether oxygens (including phenoxy) is 1. The summed E-state index contributed by atoms with van der Waals surface area (Å²) in [5, 5.41) is 9.39. The largest absolute Gasteiger partial charge is 0.489 e. The summed E-state index contributed by atoms with van der Waals surface area (Å²) in [7, 11) is 0. The average Bonchev–Trinajstić information content (AvgIpc) is 2.36. The van der Waals surface area contributed by atoms with E-state index in [4.69, 9.17) is 4.74 Å². The van der Waals surface area contributed by atoms with Crippen LogP contribution in [0.3, 0.4) is 0 Å². The van der Waals surface area contributed by atoms with Gasteiger partial charge >= 0.3 is 0 Å². The predicted octanol–water partition coefficient (Wildman–Crippen LogP) is 3.50. The highest BCUT2D eigenvalue weighted by Crippen LogP contribution is 2.16. The van der Waals surface area contributed by atoms with Crippen LogP contribution in [0.1, 0.15) is 23.6 Å². The van der Waals surface area contributed by atoms with Crippen LogP contribution in [0.2, 0.25) is 0 Å². The molecule has 0 aliphatic carbocycles. The van der Waals surface area contributed by atoms with Gasteiger partial charge in [0.25, 0.3) is 0 Å². The number of benzene rings is 2. The molecular formula is C17H20O2. The van der Waals surface area contributed by atoms with Crippen molar-refractivity contribution in [3.05, 3.63) is 65.2 Å². The lowest BCUT2D eigenvalue weighted by atomic mass is 10.1. The third-order valence-corrected chi connectivity index (χ3v) is 2.92. The molecule has 2 aromatic carbocycles. The van der Waals surface area contributed by atoms with Crippen molar-refractivity contribution in [1.29, 1.82) is 0 Å². The van der Waals surface area contributed by atoms with Crippen LogP contribution in [0.4, 0.5) is 0 Å². The zero-order chi connectivity index (χ0) is 13.7. The zero-order valence-corrected chi connectivity index (χ0v) is 11.5. The number of aliphatic hydroxyl groups is 1. The van der Waals surface area contributed by atoms with Crippen LogP contribution >= 0.6 is 0 Å². The van der Waals surface area contributed by atoms with Crippen LogP contribution in [0.15, 0.2) is 48.5 Å². The molecule has 0 aromatic heterocycles. The van der Waals surface area contributed by atoms with Gasteiger partial charge in [0.2, 0.25) is 0 Å². The number of hydrogen-bond donors (Lipinski definition) is 1. The first-order valence-corrected chi connectivity index (χ1v) is 6.59. The Labute approximate surface area is 114 Å². The fourth-order valence-corrected chi connectivity index (χ4v) is 2.07. The Bertz CT molecular complexity index is 532. The summed E-state index contributed by atoms with van der Waals surface area (Å²) >= 11 is 0. The zero-order valence-electron chi connectivity index (χ0n) is 11.5. The van der Waals surface area contributed by atoms with Crippen LogP contribution in [0.25, 0.3) is 0 Å². The van der Waals surface area contributed by atoms with E-state index in [9.17, 15) is 5.11 Å². The molecule has 0 saturated carbocycles. The van der Waals surface area contributed by atoms with Crippen molar-refractivity contribution in [2.24, 2.45) is 0 Å². The summed E-state index contributed by atoms with van der Waals surface area (Å²) in [5.74, 6) is 0.847. The monoisotopic (exact) mass is 256 g/mol. The highest BCUT2D eigenvalue weighted by Gasteiger charge is 2.01. The van der Waals surface area contributed by atoms with E-state index in [2.05, 4.69) is 25.1 Å². The fraction of sp³-hybridized carbons (Fsp3) is 0.294. The molecule has 0 heterocycles. The molecule has 0 radical (unpaired) electrons. The Kier molecular flexibility index (Phi) is 4.58. The lowest BCUT2D eigenvalue weighted by molar-refractivity contribution is 0.195. The Balaban J connectivity index is 1.99. The number of rotatable bonds is 5. The van der Waals surface area contributed by atoms with Gasteiger partial charge in [-0.3, -0.25) is 0 Å². The third-order valence-electron chi connectivity index (χ3n) is 2.92. The first kappa shape index (κ1) is 13.6. The molecule has 0 aliphatic rings. The molecule has 2 aromatic rings. The second kappa shape index (κ2) is 6.39. The van der Waals surface area contributed by atoms with E-state index in [0.717, 1.165) is 11.3 Å². The molecule has 0 fully saturated rings. The van der Waals surface area contributed by atoms with Crippen molar-refractivity contribution < 1.29 is 9.84 Å². The van der Waals surface area contributed by atoms with Gasteiger partial charge < -0.3 is 9.84 Å². The van der Waals surface area contributed by atoms with E-state index in [1.165, 1.54) is 11.1 Å². The van der Waals surface area contributed by atoms with E-state index in [-0.39, 0.29) is 6.10 Å². The highest BCUT2D eigenvalue weighted by molar-refractivity contribution is 5.29. The van der Waals surface area contributed by atoms with E-state index >= 15 is 0 Å². The molecule has 0 amide bonds. The molecule has 0 bridgehead atoms. The van der Waals surface area contributed by atoms with E-state index < -0.39 is 0 Å². The topological polar surface area (TPSA) is 29.5 Å². The van der Waals surface area contributed by atoms with Crippen LogP contribution in [0, 0.1) is 6.92 Å². The molecule has 2 rings (SSSR count). The lowest BCUT2D eigenvalue weighted by Gasteiger charge is -2.09. The van der Waals surface area contributed by atoms with Crippen molar-refractivity contribution in [2.45, 2.75) is 33.0 Å². The Morgan fingerprint density at radius 3 is 2.53 bits per heavy atom. The third kappa shape index (κ3) is 4.42. The predicted molar refractivity (Wildman–Crippen MR) is 77.3 cm³/mol. The Morgan fingerprint density at radius 1 is 1.05 bits per heavy atom. The maximum absolute atomic E-state index is 9.39. The molecule has 2 nitrogen and oxygen atoms in total. The van der Waals surface area contributed by atoms with E-state index in [1.807, 2.05) is 30.3 Å². The van der Waals surface area contributed by atoms with Gasteiger partial charge in [-0.25, -0.2) is 0 Å². The molecule has 2 heteroatoms. The quantitative estimate of drug-likeness (QED) is 0.887. The minimum absolute atomic E-state index is 0.327. The van der Waals surface area contributed by atoms with Gasteiger partial charge in [0.05, 0.1) is 6.10 Å². The molecule has 19 heavy (non-hydrogen) atoms. The minimum Gasteiger partial charge on any atom is -0.489 e. The smallest absolute Gasteiger partial charge is 0.120 e. The van der Waals surface area contributed by atoms with Gasteiger partial charge in [0.1, 0.15) is 12.4 Å². The first-order valence-electron chi connectivity index (χ1n) is 6.59. The molecule has 0 spiro atoms. The lowest BCUT2D eigenvalue weighted by Crippen LogP contribution is -2.04. The van der Waals surface area contributed by atoms with Crippen molar-refractivity contribution in [3.63, 3.8) is 0 Å². The Hall–Kier alpha value is -1.80. The van der Waals surface area contributed by atoms with Crippen LogP contribution in [-0.2, 0) is 13.0 Å². The molecule has 1 N–H and O–H groups in total. The van der Waals surface area contributed by atoms with Crippen molar-refractivity contribution >= 4 is 0 Å². The van der Waals surface area contributed by atoms with Gasteiger partial charge in [-0.1, -0.05) is 42.0 Å². The van der Waals surface area contributed by atoms with Crippen LogP contribution in [-0.4, -0.2) is 11.2 Å². The summed E-state index contributed by atoms with van der Waals surface area (Å²) in [6.07, 6.45) is 0.328. The minimum atomic E-state index is -0.327. The molecule has 0 aliphatic heterocycles. The van der Waals surface area contributed by atoms with Gasteiger partial charge in [0.15, 0.2) is 0 Å². The molecule has 1 atom stereocenters. The number of hydrogen-bond acceptors (Lipinski definition) is 2. The van der Waals surface area contributed by atoms with Crippen LogP contribution < -0.4 is 4.74 Å². The Morgan fingerprint density at radius 2 is 1.79 bits per heavy atom. The summed E-state index contributed by atoms with van der Waals surface area (Å²) in [4.78, 5) is 0. The summed E-state index contributed by atoms with van der Waals surface area (Å²) < 4.78 is 5.79. The molecular weight excluding hydrogens is 236 g/mol. The molecule has 1 unspecified atom stereocenters. The van der Waals surface area contributed by atoms with Gasteiger partial charge in [0, 0.05) is 0 Å². The van der Waals surface area contributed by atoms with Gasteiger partial charge in [-0.05, 0) is 43.5 Å². The van der Waals surface area contributed by atoms with E-state index in [0.29, 0.717) is 13.0 Å². The maximum atomic E-state index is 9.39. The summed E-state index contributed by atoms with van der Waals surface area (Å²) in [6.45, 7) is 4.44. The van der Waals surface area contributed by atoms with E-state index in [1.54, 1.807) is 6.92 Å². The van der Waals surface area contributed by atoms with Gasteiger partial charge in [-0.15, -0.1) is 0 Å². The number of aliphatic hydroxyl groups excluding tert-OH is 1. The van der Waals surface area contributed by atoms with Crippen molar-refractivity contribution in [3.8, 4) is 5.75 Å². The average molecular weight is 256 g/mol. The fourth-order valence-electron chi connectivity index (χ4n) is 2.07. The van der Waals surface area contributed by atoms with Crippen molar-refractivity contribution in [2.75, 3.05) is 0 Å². The normalized spacial score (nSPS) is 12.2. The first-order chi connectivity index (χ1) is 9.13. The molecule has 100 valence electrons. The highest BCUT2D eigenvalue weighted by atomic mass is 16.5. The standard InChI is InChI=1S/C17H20O2/c1-13-5-3-7-16(9-13)12-19-17-8-4-6-15(11-17)10-14(2)18/h3-9,11,14,18H,10,12H2,1-2H3. The summed E-state index contributed by atoms with van der Waals surface area (Å²) in [5.41, 5.74) is 3.50. The summed E-state index contributed by atoms with van der Waals surface area (Å²) in [6, 6.07) is 16.2. The number of aryl methyl sites for hydroxylation is 1. The maximum Gasteiger partial charge on any atom is 0.120 e. The van der Waals surface area contributed by atoms with Gasteiger partial charge in [-0.2, -0.15) is 0 Å². The second-order valence-corrected chi connectivity index (χ2v) is 4.98. The van der Waals surface area contributed by atoms with Crippen molar-refractivity contribution in [1.82, 2.24) is 0 Å². The SMILES string of the molecule is Cc1cccc(COc2cccc(CC(C)O)c2)c1.